The van der Waals surface area contributed by atoms with Crippen LogP contribution in [0.15, 0.2) is 60.7 Å². The fourth-order valence-corrected chi connectivity index (χ4v) is 7.80. The van der Waals surface area contributed by atoms with Crippen LogP contribution >= 0.6 is 55.7 Å². The second-order valence-corrected chi connectivity index (χ2v) is 12.1. The number of hydrogen-bond donors (Lipinski definition) is 0. The van der Waals surface area contributed by atoms with Crippen molar-refractivity contribution in [2.75, 3.05) is 0 Å². The first-order valence-electron chi connectivity index (χ1n) is 10.2. The maximum Gasteiger partial charge on any atom is 0.339 e. The number of hydrogen-bond acceptors (Lipinski definition) is 2. The van der Waals surface area contributed by atoms with Gasteiger partial charge in [-0.3, -0.25) is 0 Å². The number of ether oxygens (including phenoxy) is 1. The van der Waals surface area contributed by atoms with Gasteiger partial charge in [0.1, 0.15) is 0 Å². The van der Waals surface area contributed by atoms with Gasteiger partial charge in [0.05, 0.1) is 5.56 Å². The van der Waals surface area contributed by atoms with Gasteiger partial charge in [-0.05, 0) is 113 Å². The van der Waals surface area contributed by atoms with E-state index in [4.69, 9.17) is 11.2 Å². The van der Waals surface area contributed by atoms with Gasteiger partial charge < -0.3 is 4.74 Å². The highest BCUT2D eigenvalue weighted by atomic mass is 127. The third-order valence-electron chi connectivity index (χ3n) is 5.92. The fraction of sp³-hybridized carbons (Fsp3) is 0.192. The van der Waals surface area contributed by atoms with Crippen LogP contribution in [0, 0.1) is 19.5 Å². The van der Waals surface area contributed by atoms with E-state index in [0.717, 1.165) is 31.1 Å². The molecule has 0 spiro atoms. The predicted octanol–water partition coefficient (Wildman–Crippen LogP) is 8.04. The normalized spacial score (nSPS) is 15.8. The molecular formula is C26H19I2O2S+. The zero-order chi connectivity index (χ0) is 21.6. The predicted molar refractivity (Wildman–Crippen MR) is 146 cm³/mol. The van der Waals surface area contributed by atoms with Crippen molar-refractivity contribution >= 4 is 81.8 Å². The second-order valence-electron chi connectivity index (χ2n) is 7.82. The molecule has 0 amide bonds. The van der Waals surface area contributed by atoms with Crippen LogP contribution < -0.4 is 0 Å². The number of esters is 1. The van der Waals surface area contributed by atoms with E-state index in [0.29, 0.717) is 5.56 Å². The number of carbonyl (C=O) groups excluding carboxylic acids is 1. The molecule has 5 rings (SSSR count). The molecule has 3 aromatic carbocycles. The quantitative estimate of drug-likeness (QED) is 0.0973. The Morgan fingerprint density at radius 1 is 0.935 bits per heavy atom. The average Bonchev–Trinajstić information content (AvgIpc) is 3.38. The van der Waals surface area contributed by atoms with Gasteiger partial charge in [0.2, 0.25) is 0 Å². The van der Waals surface area contributed by atoms with Crippen molar-refractivity contribution in [3.8, 4) is 17.2 Å². The van der Waals surface area contributed by atoms with Crippen molar-refractivity contribution in [1.29, 1.82) is 0 Å². The van der Waals surface area contributed by atoms with Gasteiger partial charge in [-0.1, -0.05) is 18.1 Å². The van der Waals surface area contributed by atoms with Crippen molar-refractivity contribution in [3.05, 3.63) is 73.4 Å². The zero-order valence-electron chi connectivity index (χ0n) is 16.7. The molecule has 4 aromatic rings. The van der Waals surface area contributed by atoms with Crippen molar-refractivity contribution in [2.24, 2.45) is 0 Å². The minimum atomic E-state index is -0.740. The number of rotatable bonds is 3. The van der Waals surface area contributed by atoms with Crippen LogP contribution in [0.5, 0.6) is 0 Å². The number of benzene rings is 3. The highest BCUT2D eigenvalue weighted by Crippen LogP contribution is 2.49. The van der Waals surface area contributed by atoms with E-state index in [1.807, 2.05) is 12.1 Å². The van der Waals surface area contributed by atoms with E-state index in [1.54, 1.807) is 0 Å². The zero-order valence-corrected chi connectivity index (χ0v) is 21.8. The minimum absolute atomic E-state index is 0.187. The molecule has 1 aromatic heterocycles. The summed E-state index contributed by atoms with van der Waals surface area (Å²) < 4.78 is 10.9. The van der Waals surface area contributed by atoms with Crippen molar-refractivity contribution in [2.45, 2.75) is 31.3 Å². The average molecular weight is 649 g/mol. The van der Waals surface area contributed by atoms with Crippen LogP contribution in [0.3, 0.4) is 0 Å². The molecule has 1 fully saturated rings. The van der Waals surface area contributed by atoms with Gasteiger partial charge in [-0.2, -0.15) is 0 Å². The molecule has 0 radical (unpaired) electrons. The van der Waals surface area contributed by atoms with E-state index >= 15 is 0 Å². The summed E-state index contributed by atoms with van der Waals surface area (Å²) in [4.78, 5) is 14.3. The Kier molecular flexibility index (Phi) is 5.74. The molecule has 1 aliphatic rings. The lowest BCUT2D eigenvalue weighted by Gasteiger charge is -2.22. The third-order valence-corrected chi connectivity index (χ3v) is 11.1. The molecule has 0 saturated heterocycles. The van der Waals surface area contributed by atoms with E-state index in [-0.39, 0.29) is 16.4 Å². The molecule has 5 heteroatoms. The molecule has 1 atom stereocenters. The number of halogens is 2. The van der Waals surface area contributed by atoms with Crippen LogP contribution in [-0.2, 0) is 4.74 Å². The largest absolute Gasteiger partial charge is 0.442 e. The van der Waals surface area contributed by atoms with Crippen molar-refractivity contribution in [3.63, 3.8) is 0 Å². The molecule has 1 saturated carbocycles. The summed E-state index contributed by atoms with van der Waals surface area (Å²) in [5, 5.41) is 2.31. The first-order valence-corrected chi connectivity index (χ1v) is 13.5. The van der Waals surface area contributed by atoms with Gasteiger partial charge in [-0.15, -0.1) is 6.42 Å². The van der Waals surface area contributed by atoms with E-state index in [1.165, 1.54) is 26.8 Å². The molecule has 154 valence electrons. The third kappa shape index (κ3) is 3.77. The second kappa shape index (κ2) is 8.38. The first kappa shape index (κ1) is 21.2. The van der Waals surface area contributed by atoms with Gasteiger partial charge in [-0.25, -0.2) is 4.79 Å². The Labute approximate surface area is 211 Å². The maximum absolute atomic E-state index is 13.0. The summed E-state index contributed by atoms with van der Waals surface area (Å²) in [7, 11) is -0.187. The molecule has 0 aliphatic heterocycles. The van der Waals surface area contributed by atoms with E-state index in [2.05, 4.69) is 99.6 Å². The number of carbonyl (C=O) groups is 1. The Bertz CT molecular complexity index is 1370. The van der Waals surface area contributed by atoms with Crippen LogP contribution in [0.4, 0.5) is 0 Å². The SMILES string of the molecule is C#CC1(OC(=O)c2ccc3c(c2)c2ccccc2[s+]3-c2ccc(I)c(I)c2)CCCC1. The maximum atomic E-state index is 13.0. The van der Waals surface area contributed by atoms with Crippen LogP contribution in [0.1, 0.15) is 36.0 Å². The van der Waals surface area contributed by atoms with E-state index < -0.39 is 5.60 Å². The number of terminal acetylenes is 1. The highest BCUT2D eigenvalue weighted by Gasteiger charge is 2.36. The Morgan fingerprint density at radius 3 is 2.42 bits per heavy atom. The summed E-state index contributed by atoms with van der Waals surface area (Å²) in [5.41, 5.74) is -0.173. The molecular weight excluding hydrogens is 630 g/mol. The van der Waals surface area contributed by atoms with Gasteiger partial charge in [0, 0.05) is 34.4 Å². The Balaban J connectivity index is 1.64. The highest BCUT2D eigenvalue weighted by molar-refractivity contribution is 14.1. The smallest absolute Gasteiger partial charge is 0.339 e. The summed E-state index contributed by atoms with van der Waals surface area (Å²) in [6.07, 6.45) is 9.24. The molecule has 0 N–H and O–H groups in total. The first-order chi connectivity index (χ1) is 15.0. The standard InChI is InChI=1S/C26H19I2O2S/c1-2-26(13-5-6-14-26)30-25(29)17-9-12-24-20(15-17)19-7-3-4-8-23(19)31(24)18-10-11-21(27)22(28)16-18/h1,3-4,7-12,15-16H,5-6,13-14H2/q+1. The van der Waals surface area contributed by atoms with Crippen molar-refractivity contribution in [1.82, 2.24) is 0 Å². The molecule has 0 bridgehead atoms. The van der Waals surface area contributed by atoms with Gasteiger partial charge in [0.25, 0.3) is 0 Å². The molecule has 1 unspecified atom stereocenters. The Hall–Kier alpha value is -1.63. The summed E-state index contributed by atoms with van der Waals surface area (Å²) >= 11 is 4.77. The van der Waals surface area contributed by atoms with Crippen LogP contribution in [0.2, 0.25) is 0 Å². The monoisotopic (exact) mass is 649 g/mol. The van der Waals surface area contributed by atoms with Gasteiger partial charge >= 0.3 is 5.97 Å². The molecule has 31 heavy (non-hydrogen) atoms. The number of fused-ring (bicyclic) bond motifs is 3. The van der Waals surface area contributed by atoms with E-state index in [9.17, 15) is 4.79 Å². The van der Waals surface area contributed by atoms with Crippen LogP contribution in [-0.4, -0.2) is 11.6 Å². The summed E-state index contributed by atoms with van der Waals surface area (Å²) in [5.74, 6) is 2.42. The summed E-state index contributed by atoms with van der Waals surface area (Å²) in [6, 6.07) is 21.1. The lowest BCUT2D eigenvalue weighted by Crippen LogP contribution is -2.30. The topological polar surface area (TPSA) is 26.3 Å². The minimum Gasteiger partial charge on any atom is -0.442 e. The van der Waals surface area contributed by atoms with Gasteiger partial charge in [0.15, 0.2) is 19.9 Å². The van der Waals surface area contributed by atoms with Crippen LogP contribution in [0.25, 0.3) is 25.1 Å². The lowest BCUT2D eigenvalue weighted by atomic mass is 10.0. The molecule has 1 heterocycles. The fourth-order valence-electron chi connectivity index (χ4n) is 4.35. The Morgan fingerprint density at radius 2 is 1.68 bits per heavy atom. The summed E-state index contributed by atoms with van der Waals surface area (Å²) in [6.45, 7) is 0. The lowest BCUT2D eigenvalue weighted by molar-refractivity contribution is 0.0104. The molecule has 2 nitrogen and oxygen atoms in total. The number of thiophene rings is 1. The van der Waals surface area contributed by atoms with Crippen molar-refractivity contribution < 1.29 is 9.53 Å². The molecule has 1 aliphatic carbocycles.